The normalized spacial score (nSPS) is 17.4. The number of likely N-dealkylation sites (tertiary alicyclic amines) is 1. The van der Waals surface area contributed by atoms with Gasteiger partial charge in [0, 0.05) is 13.1 Å². The van der Waals surface area contributed by atoms with Crippen molar-refractivity contribution in [1.82, 2.24) is 9.80 Å². The average Bonchev–Trinajstić information content (AvgIpc) is 3.11. The maximum absolute atomic E-state index is 12.9. The van der Waals surface area contributed by atoms with E-state index in [4.69, 9.17) is 21.1 Å². The molecule has 0 saturated carbocycles. The van der Waals surface area contributed by atoms with E-state index in [0.29, 0.717) is 41.8 Å². The minimum absolute atomic E-state index is 0.201. The summed E-state index contributed by atoms with van der Waals surface area (Å²) in [5.74, 6) is 0.118. The van der Waals surface area contributed by atoms with Crippen molar-refractivity contribution in [3.05, 3.63) is 63.5 Å². The molecule has 0 atom stereocenters. The van der Waals surface area contributed by atoms with Gasteiger partial charge in [-0.25, -0.2) is 0 Å². The van der Waals surface area contributed by atoms with Crippen LogP contribution in [0.25, 0.3) is 6.08 Å². The summed E-state index contributed by atoms with van der Waals surface area (Å²) >= 11 is 7.27. The van der Waals surface area contributed by atoms with E-state index in [-0.39, 0.29) is 17.4 Å². The number of halogens is 1. The largest absolute Gasteiger partial charge is 0.493 e. The van der Waals surface area contributed by atoms with Gasteiger partial charge in [0.05, 0.1) is 17.0 Å². The van der Waals surface area contributed by atoms with Gasteiger partial charge in [0.25, 0.3) is 11.1 Å². The number of hydrogen-bond acceptors (Lipinski definition) is 6. The Labute approximate surface area is 207 Å². The number of piperidine rings is 1. The van der Waals surface area contributed by atoms with Crippen LogP contribution in [-0.2, 0) is 16.2 Å². The van der Waals surface area contributed by atoms with E-state index >= 15 is 0 Å². The second-order valence-electron chi connectivity index (χ2n) is 8.02. The summed E-state index contributed by atoms with van der Waals surface area (Å²) in [6, 6.07) is 13.0. The first-order chi connectivity index (χ1) is 16.5. The quantitative estimate of drug-likeness (QED) is 0.499. The van der Waals surface area contributed by atoms with Crippen LogP contribution in [0, 0.1) is 0 Å². The van der Waals surface area contributed by atoms with Gasteiger partial charge in [-0.3, -0.25) is 19.3 Å². The summed E-state index contributed by atoms with van der Waals surface area (Å²) in [7, 11) is 1.50. The predicted octanol–water partition coefficient (Wildman–Crippen LogP) is 4.98. The van der Waals surface area contributed by atoms with E-state index in [1.807, 2.05) is 30.3 Å². The lowest BCUT2D eigenvalue weighted by Crippen LogP contribution is -2.44. The Balaban J connectivity index is 1.48. The highest BCUT2D eigenvalue weighted by molar-refractivity contribution is 8.18. The fourth-order valence-corrected chi connectivity index (χ4v) is 4.97. The van der Waals surface area contributed by atoms with Crippen molar-refractivity contribution in [2.24, 2.45) is 0 Å². The average molecular weight is 501 g/mol. The summed E-state index contributed by atoms with van der Waals surface area (Å²) in [5, 5.41) is -0.136. The molecule has 0 spiro atoms. The van der Waals surface area contributed by atoms with Crippen LogP contribution in [-0.4, -0.2) is 53.6 Å². The smallest absolute Gasteiger partial charge is 0.294 e. The van der Waals surface area contributed by atoms with Gasteiger partial charge < -0.3 is 14.4 Å². The molecule has 0 unspecified atom stereocenters. The van der Waals surface area contributed by atoms with Crippen LogP contribution in [0.2, 0.25) is 5.02 Å². The molecule has 0 aromatic heterocycles. The zero-order valence-electron chi connectivity index (χ0n) is 18.8. The van der Waals surface area contributed by atoms with Crippen LogP contribution in [0.5, 0.6) is 11.5 Å². The summed E-state index contributed by atoms with van der Waals surface area (Å²) in [6.07, 6.45) is 4.56. The first kappa shape index (κ1) is 24.2. The van der Waals surface area contributed by atoms with Gasteiger partial charge in [-0.1, -0.05) is 41.9 Å². The topological polar surface area (TPSA) is 76.2 Å². The van der Waals surface area contributed by atoms with E-state index in [9.17, 15) is 14.4 Å². The molecule has 2 aliphatic heterocycles. The zero-order valence-corrected chi connectivity index (χ0v) is 20.4. The minimum atomic E-state index is -0.486. The lowest BCUT2D eigenvalue weighted by molar-refractivity contribution is -0.136. The van der Waals surface area contributed by atoms with Crippen LogP contribution in [0.3, 0.4) is 0 Å². The van der Waals surface area contributed by atoms with Crippen molar-refractivity contribution in [2.75, 3.05) is 26.7 Å². The number of thioether (sulfide) groups is 1. The first-order valence-corrected chi connectivity index (χ1v) is 12.2. The number of nitrogens with zero attached hydrogens (tertiary/aromatic N) is 2. The molecule has 3 amide bonds. The molecule has 2 heterocycles. The van der Waals surface area contributed by atoms with Crippen molar-refractivity contribution in [3.63, 3.8) is 0 Å². The van der Waals surface area contributed by atoms with Crippen LogP contribution in [0.15, 0.2) is 47.4 Å². The number of amides is 3. The molecule has 4 rings (SSSR count). The van der Waals surface area contributed by atoms with E-state index in [1.54, 1.807) is 23.1 Å². The minimum Gasteiger partial charge on any atom is -0.493 e. The summed E-state index contributed by atoms with van der Waals surface area (Å²) in [4.78, 5) is 40.8. The number of imide groups is 1. The SMILES string of the molecule is COc1cc(/C=C2\SC(=O)N(CC(=O)N3CCCCC3)C2=O)cc(Cl)c1OCc1ccccc1. The number of rotatable bonds is 7. The standard InChI is InChI=1S/C25H25ClN2O5S/c1-32-20-13-18(12-19(26)23(20)33-16-17-8-4-2-5-9-17)14-21-24(30)28(25(31)34-21)15-22(29)27-10-6-3-7-11-27/h2,4-5,8-9,12-14H,3,6-7,10-11,15-16H2,1H3/b21-14-. The number of carbonyl (C=O) groups is 3. The molecule has 2 aliphatic rings. The van der Waals surface area contributed by atoms with Crippen LogP contribution < -0.4 is 9.47 Å². The number of hydrogen-bond donors (Lipinski definition) is 0. The third-order valence-electron chi connectivity index (χ3n) is 5.65. The van der Waals surface area contributed by atoms with Gasteiger partial charge in [-0.15, -0.1) is 0 Å². The Bertz CT molecular complexity index is 1120. The fraction of sp³-hybridized carbons (Fsp3) is 0.320. The van der Waals surface area contributed by atoms with Crippen molar-refractivity contribution < 1.29 is 23.9 Å². The Morgan fingerprint density at radius 1 is 1.12 bits per heavy atom. The second-order valence-corrected chi connectivity index (χ2v) is 9.42. The molecule has 7 nitrogen and oxygen atoms in total. The van der Waals surface area contributed by atoms with Gasteiger partial charge >= 0.3 is 0 Å². The van der Waals surface area contributed by atoms with Crippen molar-refractivity contribution in [1.29, 1.82) is 0 Å². The maximum Gasteiger partial charge on any atom is 0.294 e. The third-order valence-corrected chi connectivity index (χ3v) is 6.84. The number of benzene rings is 2. The number of carbonyl (C=O) groups excluding carboxylic acids is 3. The highest BCUT2D eigenvalue weighted by Gasteiger charge is 2.37. The van der Waals surface area contributed by atoms with E-state index in [1.165, 1.54) is 7.11 Å². The maximum atomic E-state index is 12.9. The number of methoxy groups -OCH3 is 1. The number of ether oxygens (including phenoxy) is 2. The molecule has 2 aromatic carbocycles. The summed E-state index contributed by atoms with van der Waals surface area (Å²) in [5.41, 5.74) is 1.57. The molecule has 0 bridgehead atoms. The molecular formula is C25H25ClN2O5S. The molecular weight excluding hydrogens is 476 g/mol. The third kappa shape index (κ3) is 5.56. The first-order valence-electron chi connectivity index (χ1n) is 11.0. The Morgan fingerprint density at radius 2 is 1.85 bits per heavy atom. The van der Waals surface area contributed by atoms with Crippen molar-refractivity contribution in [3.8, 4) is 11.5 Å². The molecule has 2 saturated heterocycles. The van der Waals surface area contributed by atoms with Crippen molar-refractivity contribution >= 4 is 46.5 Å². The Hall–Kier alpha value is -2.97. The lowest BCUT2D eigenvalue weighted by Gasteiger charge is -2.27. The molecule has 0 N–H and O–H groups in total. The van der Waals surface area contributed by atoms with Gasteiger partial charge in [-0.2, -0.15) is 0 Å². The second kappa shape index (κ2) is 11.0. The fourth-order valence-electron chi connectivity index (χ4n) is 3.86. The van der Waals surface area contributed by atoms with Gasteiger partial charge in [0.15, 0.2) is 11.5 Å². The predicted molar refractivity (Wildman–Crippen MR) is 132 cm³/mol. The van der Waals surface area contributed by atoms with Crippen molar-refractivity contribution in [2.45, 2.75) is 25.9 Å². The molecule has 34 heavy (non-hydrogen) atoms. The molecule has 2 aromatic rings. The monoisotopic (exact) mass is 500 g/mol. The lowest BCUT2D eigenvalue weighted by atomic mass is 10.1. The van der Waals surface area contributed by atoms with Gasteiger partial charge in [0.2, 0.25) is 5.91 Å². The molecule has 2 fully saturated rings. The van der Waals surface area contributed by atoms with Gasteiger partial charge in [0.1, 0.15) is 13.2 Å². The summed E-state index contributed by atoms with van der Waals surface area (Å²) in [6.45, 7) is 1.42. The summed E-state index contributed by atoms with van der Waals surface area (Å²) < 4.78 is 11.3. The van der Waals surface area contributed by atoms with E-state index < -0.39 is 11.1 Å². The Morgan fingerprint density at radius 3 is 2.56 bits per heavy atom. The molecule has 9 heteroatoms. The van der Waals surface area contributed by atoms with Gasteiger partial charge in [-0.05, 0) is 60.4 Å². The Kier molecular flexibility index (Phi) is 7.80. The van der Waals surface area contributed by atoms with Crippen LogP contribution >= 0.6 is 23.4 Å². The molecule has 0 aliphatic carbocycles. The van der Waals surface area contributed by atoms with E-state index in [0.717, 1.165) is 41.5 Å². The highest BCUT2D eigenvalue weighted by atomic mass is 35.5. The molecule has 178 valence electrons. The van der Waals surface area contributed by atoms with Crippen LogP contribution in [0.4, 0.5) is 4.79 Å². The van der Waals surface area contributed by atoms with Crippen LogP contribution in [0.1, 0.15) is 30.4 Å². The van der Waals surface area contributed by atoms with E-state index in [2.05, 4.69) is 0 Å². The highest BCUT2D eigenvalue weighted by Crippen LogP contribution is 2.39. The zero-order chi connectivity index (χ0) is 24.1. The molecule has 0 radical (unpaired) electrons.